The number of rotatable bonds is 7. The Labute approximate surface area is 161 Å². The fourth-order valence-electron chi connectivity index (χ4n) is 2.64. The fourth-order valence-corrected chi connectivity index (χ4v) is 2.98. The first-order valence-corrected chi connectivity index (χ1v) is 9.10. The number of H-pyrrole nitrogens is 1. The molecule has 1 N–H and O–H groups in total. The molecule has 26 heavy (non-hydrogen) atoms. The average Bonchev–Trinajstić information content (AvgIpc) is 2.63. The number of hydrogen-bond acceptors (Lipinski definition) is 4. The lowest BCUT2D eigenvalue weighted by Gasteiger charge is -2.20. The van der Waals surface area contributed by atoms with Gasteiger partial charge in [-0.15, -0.1) is 0 Å². The van der Waals surface area contributed by atoms with Crippen LogP contribution in [0.5, 0.6) is 5.75 Å². The van der Waals surface area contributed by atoms with Crippen molar-refractivity contribution in [3.8, 4) is 5.75 Å². The number of benzene rings is 2. The molecule has 0 atom stereocenters. The van der Waals surface area contributed by atoms with E-state index in [0.717, 1.165) is 6.54 Å². The highest BCUT2D eigenvalue weighted by Crippen LogP contribution is 2.27. The highest BCUT2D eigenvalue weighted by Gasteiger charge is 2.09. The monoisotopic (exact) mass is 391 g/mol. The van der Waals surface area contributed by atoms with Crippen LogP contribution in [-0.4, -0.2) is 34.6 Å². The lowest BCUT2D eigenvalue weighted by molar-refractivity contribution is 0.207. The number of nitrogens with zero attached hydrogens (tertiary/aromatic N) is 2. The maximum atomic E-state index is 12.2. The lowest BCUT2D eigenvalue weighted by Crippen LogP contribution is -2.29. The summed E-state index contributed by atoms with van der Waals surface area (Å²) in [4.78, 5) is 21.7. The third-order valence-electron chi connectivity index (χ3n) is 4.04. The maximum Gasteiger partial charge on any atom is 0.258 e. The van der Waals surface area contributed by atoms with Crippen molar-refractivity contribution in [1.29, 1.82) is 0 Å². The van der Waals surface area contributed by atoms with Crippen LogP contribution in [-0.2, 0) is 6.54 Å². The van der Waals surface area contributed by atoms with Crippen molar-refractivity contribution in [3.05, 3.63) is 68.7 Å². The summed E-state index contributed by atoms with van der Waals surface area (Å²) in [6, 6.07) is 12.4. The molecule has 3 aromatic rings. The summed E-state index contributed by atoms with van der Waals surface area (Å²) in [7, 11) is 0. The molecular formula is C19H19Cl2N3O2. The standard InChI is InChI=1S/C19H19Cl2N3O2/c1-2-24(9-10-26-17-11-13(20)7-8-15(17)21)12-18-22-16-6-4-3-5-14(16)19(25)23-18/h3-8,11H,2,9-10,12H2,1H3,(H,22,23,25). The highest BCUT2D eigenvalue weighted by atomic mass is 35.5. The van der Waals surface area contributed by atoms with Crippen LogP contribution in [0.15, 0.2) is 47.3 Å². The van der Waals surface area contributed by atoms with Crippen LogP contribution in [0.25, 0.3) is 10.9 Å². The van der Waals surface area contributed by atoms with Gasteiger partial charge in [0.15, 0.2) is 0 Å². The van der Waals surface area contributed by atoms with E-state index in [-0.39, 0.29) is 5.56 Å². The molecule has 0 saturated heterocycles. The number of likely N-dealkylation sites (N-methyl/N-ethyl adjacent to an activating group) is 1. The molecule has 0 aliphatic heterocycles. The maximum absolute atomic E-state index is 12.2. The lowest BCUT2D eigenvalue weighted by atomic mass is 10.2. The zero-order valence-electron chi connectivity index (χ0n) is 14.3. The van der Waals surface area contributed by atoms with Gasteiger partial charge in [0.05, 0.1) is 22.5 Å². The van der Waals surface area contributed by atoms with Gasteiger partial charge >= 0.3 is 0 Å². The number of hydrogen-bond donors (Lipinski definition) is 1. The van der Waals surface area contributed by atoms with E-state index in [2.05, 4.69) is 14.9 Å². The second-order valence-electron chi connectivity index (χ2n) is 5.82. The zero-order valence-corrected chi connectivity index (χ0v) is 15.8. The molecule has 7 heteroatoms. The number of para-hydroxylation sites is 1. The number of fused-ring (bicyclic) bond motifs is 1. The number of aromatic amines is 1. The predicted octanol–water partition coefficient (Wildman–Crippen LogP) is 4.13. The summed E-state index contributed by atoms with van der Waals surface area (Å²) >= 11 is 12.1. The van der Waals surface area contributed by atoms with Crippen molar-refractivity contribution in [3.63, 3.8) is 0 Å². The second-order valence-corrected chi connectivity index (χ2v) is 6.67. The number of halogens is 2. The Bertz CT molecular complexity index is 959. The van der Waals surface area contributed by atoms with E-state index in [1.165, 1.54) is 0 Å². The molecule has 5 nitrogen and oxygen atoms in total. The number of nitrogens with one attached hydrogen (secondary N) is 1. The second kappa shape index (κ2) is 8.54. The van der Waals surface area contributed by atoms with Gasteiger partial charge in [0.2, 0.25) is 0 Å². The van der Waals surface area contributed by atoms with E-state index >= 15 is 0 Å². The minimum Gasteiger partial charge on any atom is -0.491 e. The van der Waals surface area contributed by atoms with Crippen molar-refractivity contribution in [1.82, 2.24) is 14.9 Å². The van der Waals surface area contributed by atoms with Crippen molar-refractivity contribution >= 4 is 34.1 Å². The largest absolute Gasteiger partial charge is 0.491 e. The Kier molecular flexibility index (Phi) is 6.14. The number of aromatic nitrogens is 2. The summed E-state index contributed by atoms with van der Waals surface area (Å²) in [6.45, 7) is 4.49. The predicted molar refractivity (Wildman–Crippen MR) is 105 cm³/mol. The van der Waals surface area contributed by atoms with Gasteiger partial charge in [-0.1, -0.05) is 42.3 Å². The van der Waals surface area contributed by atoms with Gasteiger partial charge in [-0.05, 0) is 30.8 Å². The summed E-state index contributed by atoms with van der Waals surface area (Å²) in [5, 5.41) is 1.70. The van der Waals surface area contributed by atoms with Crippen LogP contribution in [0, 0.1) is 0 Å². The molecule has 136 valence electrons. The van der Waals surface area contributed by atoms with Gasteiger partial charge < -0.3 is 9.72 Å². The Hall–Kier alpha value is -2.08. The molecule has 1 heterocycles. The quantitative estimate of drug-likeness (QED) is 0.657. The molecule has 0 amide bonds. The van der Waals surface area contributed by atoms with E-state index in [1.807, 2.05) is 25.1 Å². The van der Waals surface area contributed by atoms with Crippen LogP contribution in [0.3, 0.4) is 0 Å². The van der Waals surface area contributed by atoms with Gasteiger partial charge in [0, 0.05) is 17.6 Å². The highest BCUT2D eigenvalue weighted by molar-refractivity contribution is 6.34. The van der Waals surface area contributed by atoms with Crippen molar-refractivity contribution in [2.45, 2.75) is 13.5 Å². The summed E-state index contributed by atoms with van der Waals surface area (Å²) in [5.74, 6) is 1.20. The zero-order chi connectivity index (χ0) is 18.5. The third kappa shape index (κ3) is 4.55. The Morgan fingerprint density at radius 3 is 2.81 bits per heavy atom. The third-order valence-corrected chi connectivity index (χ3v) is 4.59. The van der Waals surface area contributed by atoms with E-state index in [9.17, 15) is 4.79 Å². The first-order valence-electron chi connectivity index (χ1n) is 8.35. The van der Waals surface area contributed by atoms with Crippen LogP contribution in [0.2, 0.25) is 10.0 Å². The molecule has 0 radical (unpaired) electrons. The van der Waals surface area contributed by atoms with E-state index in [0.29, 0.717) is 52.2 Å². The van der Waals surface area contributed by atoms with E-state index < -0.39 is 0 Å². The molecular weight excluding hydrogens is 373 g/mol. The average molecular weight is 392 g/mol. The van der Waals surface area contributed by atoms with Gasteiger partial charge in [0.25, 0.3) is 5.56 Å². The Morgan fingerprint density at radius 1 is 1.19 bits per heavy atom. The molecule has 3 rings (SSSR count). The van der Waals surface area contributed by atoms with Crippen LogP contribution in [0.1, 0.15) is 12.7 Å². The van der Waals surface area contributed by atoms with Gasteiger partial charge in [0.1, 0.15) is 18.2 Å². The molecule has 0 spiro atoms. The first kappa shape index (κ1) is 18.7. The number of ether oxygens (including phenoxy) is 1. The van der Waals surface area contributed by atoms with E-state index in [4.69, 9.17) is 27.9 Å². The topological polar surface area (TPSA) is 58.2 Å². The van der Waals surface area contributed by atoms with Gasteiger partial charge in [-0.3, -0.25) is 9.69 Å². The fraction of sp³-hybridized carbons (Fsp3) is 0.263. The first-order chi connectivity index (χ1) is 12.6. The summed E-state index contributed by atoms with van der Waals surface area (Å²) in [6.07, 6.45) is 0. The molecule has 0 aliphatic rings. The minimum atomic E-state index is -0.122. The van der Waals surface area contributed by atoms with Crippen LogP contribution < -0.4 is 10.3 Å². The molecule has 1 aromatic heterocycles. The SMILES string of the molecule is CCN(CCOc1cc(Cl)ccc1Cl)Cc1nc2ccccc2c(=O)[nH]1. The van der Waals surface area contributed by atoms with Crippen molar-refractivity contribution in [2.24, 2.45) is 0 Å². The molecule has 0 unspecified atom stereocenters. The molecule has 0 bridgehead atoms. The summed E-state index contributed by atoms with van der Waals surface area (Å²) < 4.78 is 5.73. The smallest absolute Gasteiger partial charge is 0.258 e. The van der Waals surface area contributed by atoms with Crippen molar-refractivity contribution < 1.29 is 4.74 Å². The van der Waals surface area contributed by atoms with Gasteiger partial charge in [-0.2, -0.15) is 0 Å². The minimum absolute atomic E-state index is 0.122. The molecule has 0 fully saturated rings. The summed E-state index contributed by atoms with van der Waals surface area (Å²) in [5.41, 5.74) is 0.577. The molecule has 2 aromatic carbocycles. The normalized spacial score (nSPS) is 11.2. The van der Waals surface area contributed by atoms with Gasteiger partial charge in [-0.25, -0.2) is 4.98 Å². The van der Waals surface area contributed by atoms with E-state index in [1.54, 1.807) is 24.3 Å². The Balaban J connectivity index is 1.64. The Morgan fingerprint density at radius 2 is 2.00 bits per heavy atom. The molecule has 0 aliphatic carbocycles. The van der Waals surface area contributed by atoms with Crippen LogP contribution in [0.4, 0.5) is 0 Å². The molecule has 0 saturated carbocycles. The van der Waals surface area contributed by atoms with Crippen LogP contribution >= 0.6 is 23.2 Å². The van der Waals surface area contributed by atoms with Crippen molar-refractivity contribution in [2.75, 3.05) is 19.7 Å².